The molecule has 0 heterocycles. The summed E-state index contributed by atoms with van der Waals surface area (Å²) in [6.45, 7) is 0. The molecule has 170 valence electrons. The first-order valence-corrected chi connectivity index (χ1v) is 10.2. The van der Waals surface area contributed by atoms with Crippen LogP contribution in [-0.4, -0.2) is 23.8 Å². The van der Waals surface area contributed by atoms with Crippen LogP contribution in [0.5, 0.6) is 11.5 Å². The van der Waals surface area contributed by atoms with Crippen molar-refractivity contribution in [3.05, 3.63) is 82.9 Å². The van der Waals surface area contributed by atoms with E-state index in [1.165, 1.54) is 18.2 Å². The summed E-state index contributed by atoms with van der Waals surface area (Å²) in [5.74, 6) is -0.478. The minimum absolute atomic E-state index is 0.0445. The van der Waals surface area contributed by atoms with Crippen LogP contribution in [-0.2, 0) is 11.2 Å². The van der Waals surface area contributed by atoms with Crippen molar-refractivity contribution in [2.75, 3.05) is 5.32 Å². The van der Waals surface area contributed by atoms with E-state index in [9.17, 15) is 9.59 Å². The summed E-state index contributed by atoms with van der Waals surface area (Å²) in [6, 6.07) is 17.3. The number of anilines is 1. The van der Waals surface area contributed by atoms with Crippen molar-refractivity contribution in [2.24, 2.45) is 27.9 Å². The molecule has 0 aliphatic carbocycles. The molecule has 33 heavy (non-hydrogen) atoms. The predicted octanol–water partition coefficient (Wildman–Crippen LogP) is 2.64. The number of ether oxygens (including phenoxy) is 1. The van der Waals surface area contributed by atoms with Crippen LogP contribution in [0.4, 0.5) is 11.4 Å². The molecule has 0 saturated carbocycles. The zero-order valence-electron chi connectivity index (χ0n) is 17.5. The molecular formula is C23H23ClN6O3. The van der Waals surface area contributed by atoms with Gasteiger partial charge in [0.1, 0.15) is 5.75 Å². The van der Waals surface area contributed by atoms with Gasteiger partial charge in [0, 0.05) is 10.6 Å². The number of hydrogen-bond donors (Lipinski definition) is 5. The summed E-state index contributed by atoms with van der Waals surface area (Å²) in [7, 11) is 0. The third kappa shape index (κ3) is 6.70. The standard InChI is InChI=1S/C23H23ClN6O3/c24-15-2-1-3-17(12-15)33-20-11-14(21(26)31)6-9-19(20)30-22(32)18(25)10-13-4-7-16(8-5-13)29-23(27)28/h1-9,11-12,18H,10,25H2,(H2,26,31)(H,30,32)(H4,27,28,29)/t18-/m0/s1. The lowest BCUT2D eigenvalue weighted by atomic mass is 10.1. The van der Waals surface area contributed by atoms with E-state index in [-0.39, 0.29) is 23.7 Å². The second-order valence-corrected chi connectivity index (χ2v) is 7.57. The van der Waals surface area contributed by atoms with Gasteiger partial charge in [-0.25, -0.2) is 4.99 Å². The largest absolute Gasteiger partial charge is 0.455 e. The molecule has 0 aromatic heterocycles. The van der Waals surface area contributed by atoms with Gasteiger partial charge in [0.05, 0.1) is 17.4 Å². The molecule has 2 amide bonds. The number of halogens is 1. The molecule has 0 aliphatic rings. The number of carbonyl (C=O) groups excluding carboxylic acids is 2. The van der Waals surface area contributed by atoms with Gasteiger partial charge in [0.2, 0.25) is 11.8 Å². The maximum atomic E-state index is 12.7. The predicted molar refractivity (Wildman–Crippen MR) is 129 cm³/mol. The highest BCUT2D eigenvalue weighted by Gasteiger charge is 2.18. The first kappa shape index (κ1) is 23.6. The molecule has 0 spiro atoms. The van der Waals surface area contributed by atoms with E-state index < -0.39 is 17.9 Å². The van der Waals surface area contributed by atoms with Gasteiger partial charge in [0.15, 0.2) is 11.7 Å². The lowest BCUT2D eigenvalue weighted by Crippen LogP contribution is -2.37. The van der Waals surface area contributed by atoms with Gasteiger partial charge in [-0.15, -0.1) is 0 Å². The van der Waals surface area contributed by atoms with Gasteiger partial charge in [-0.05, 0) is 60.5 Å². The Balaban J connectivity index is 1.76. The number of nitrogens with zero attached hydrogens (tertiary/aromatic N) is 1. The highest BCUT2D eigenvalue weighted by atomic mass is 35.5. The third-order valence-electron chi connectivity index (χ3n) is 4.53. The summed E-state index contributed by atoms with van der Waals surface area (Å²) in [6.07, 6.45) is 0.276. The summed E-state index contributed by atoms with van der Waals surface area (Å²) in [5, 5.41) is 3.21. The van der Waals surface area contributed by atoms with Gasteiger partial charge in [-0.1, -0.05) is 29.8 Å². The summed E-state index contributed by atoms with van der Waals surface area (Å²) in [4.78, 5) is 28.3. The van der Waals surface area contributed by atoms with Crippen molar-refractivity contribution in [1.82, 2.24) is 0 Å². The smallest absolute Gasteiger partial charge is 0.248 e. The topological polar surface area (TPSA) is 172 Å². The quantitative estimate of drug-likeness (QED) is 0.252. The number of amides is 2. The zero-order valence-corrected chi connectivity index (χ0v) is 18.3. The fraction of sp³-hybridized carbons (Fsp3) is 0.0870. The van der Waals surface area contributed by atoms with Crippen LogP contribution >= 0.6 is 11.6 Å². The van der Waals surface area contributed by atoms with Gasteiger partial charge >= 0.3 is 0 Å². The maximum absolute atomic E-state index is 12.7. The Morgan fingerprint density at radius 2 is 1.73 bits per heavy atom. The van der Waals surface area contributed by atoms with Crippen LogP contribution < -0.4 is 33.0 Å². The molecule has 3 rings (SSSR count). The molecule has 0 fully saturated rings. The van der Waals surface area contributed by atoms with E-state index >= 15 is 0 Å². The van der Waals surface area contributed by atoms with E-state index in [1.807, 2.05) is 0 Å². The Morgan fingerprint density at radius 1 is 1.00 bits per heavy atom. The van der Waals surface area contributed by atoms with E-state index in [0.717, 1.165) is 5.56 Å². The van der Waals surface area contributed by atoms with Crippen molar-refractivity contribution in [3.8, 4) is 11.5 Å². The second kappa shape index (κ2) is 10.5. The number of primary amides is 1. The molecule has 10 heteroatoms. The number of rotatable bonds is 8. The fourth-order valence-corrected chi connectivity index (χ4v) is 3.13. The van der Waals surface area contributed by atoms with Crippen LogP contribution in [0.2, 0.25) is 5.02 Å². The number of aliphatic imine (C=N–C) groups is 1. The molecule has 0 unspecified atom stereocenters. The Kier molecular flexibility index (Phi) is 7.50. The lowest BCUT2D eigenvalue weighted by Gasteiger charge is -2.16. The second-order valence-electron chi connectivity index (χ2n) is 7.14. The molecule has 0 saturated heterocycles. The molecule has 0 bridgehead atoms. The molecule has 9 N–H and O–H groups in total. The average Bonchev–Trinajstić information content (AvgIpc) is 2.75. The van der Waals surface area contributed by atoms with Crippen LogP contribution in [0.1, 0.15) is 15.9 Å². The van der Waals surface area contributed by atoms with Crippen LogP contribution in [0, 0.1) is 0 Å². The Hall–Kier alpha value is -4.08. The number of benzene rings is 3. The number of nitrogens with two attached hydrogens (primary N) is 4. The average molecular weight is 467 g/mol. The molecule has 3 aromatic rings. The Morgan fingerprint density at radius 3 is 2.36 bits per heavy atom. The normalized spacial score (nSPS) is 11.3. The molecule has 9 nitrogen and oxygen atoms in total. The Labute approximate surface area is 195 Å². The summed E-state index contributed by atoms with van der Waals surface area (Å²) in [5.41, 5.74) is 24.2. The van der Waals surface area contributed by atoms with Crippen molar-refractivity contribution < 1.29 is 14.3 Å². The lowest BCUT2D eigenvalue weighted by molar-refractivity contribution is -0.117. The highest BCUT2D eigenvalue weighted by Crippen LogP contribution is 2.32. The summed E-state index contributed by atoms with van der Waals surface area (Å²) < 4.78 is 5.84. The zero-order chi connectivity index (χ0) is 24.0. The van der Waals surface area contributed by atoms with Crippen molar-refractivity contribution in [1.29, 1.82) is 0 Å². The molecule has 0 radical (unpaired) electrons. The number of carbonyl (C=O) groups is 2. The number of nitrogens with one attached hydrogen (secondary N) is 1. The molecule has 3 aromatic carbocycles. The van der Waals surface area contributed by atoms with Crippen LogP contribution in [0.15, 0.2) is 71.7 Å². The first-order valence-electron chi connectivity index (χ1n) is 9.83. The van der Waals surface area contributed by atoms with Crippen molar-refractivity contribution in [3.63, 3.8) is 0 Å². The molecular weight excluding hydrogens is 444 g/mol. The van der Waals surface area contributed by atoms with Crippen molar-refractivity contribution in [2.45, 2.75) is 12.5 Å². The van der Waals surface area contributed by atoms with Gasteiger partial charge < -0.3 is 33.0 Å². The summed E-state index contributed by atoms with van der Waals surface area (Å²) >= 11 is 6.01. The first-order chi connectivity index (χ1) is 15.7. The minimum atomic E-state index is -0.853. The third-order valence-corrected chi connectivity index (χ3v) is 4.77. The van der Waals surface area contributed by atoms with E-state index in [2.05, 4.69) is 10.3 Å². The van der Waals surface area contributed by atoms with E-state index in [1.54, 1.807) is 48.5 Å². The monoisotopic (exact) mass is 466 g/mol. The van der Waals surface area contributed by atoms with Gasteiger partial charge in [-0.3, -0.25) is 9.59 Å². The number of hydrogen-bond acceptors (Lipinski definition) is 5. The van der Waals surface area contributed by atoms with Crippen molar-refractivity contribution >= 4 is 40.7 Å². The van der Waals surface area contributed by atoms with E-state index in [0.29, 0.717) is 22.1 Å². The SMILES string of the molecule is NC(=O)c1ccc(NC(=O)[C@@H](N)Cc2ccc(N=C(N)N)cc2)c(Oc2cccc(Cl)c2)c1. The van der Waals surface area contributed by atoms with E-state index in [4.69, 9.17) is 39.3 Å². The maximum Gasteiger partial charge on any atom is 0.248 e. The Bertz CT molecular complexity index is 1190. The van der Waals surface area contributed by atoms with Crippen LogP contribution in [0.3, 0.4) is 0 Å². The molecule has 1 atom stereocenters. The molecule has 0 aliphatic heterocycles. The fourth-order valence-electron chi connectivity index (χ4n) is 2.95. The van der Waals surface area contributed by atoms with Gasteiger partial charge in [-0.2, -0.15) is 0 Å². The van der Waals surface area contributed by atoms with Gasteiger partial charge in [0.25, 0.3) is 0 Å². The van der Waals surface area contributed by atoms with Crippen LogP contribution in [0.25, 0.3) is 0 Å². The number of guanidine groups is 1. The minimum Gasteiger partial charge on any atom is -0.455 e. The highest BCUT2D eigenvalue weighted by molar-refractivity contribution is 6.30.